The van der Waals surface area contributed by atoms with Crippen molar-refractivity contribution in [3.63, 3.8) is 0 Å². The maximum atomic E-state index is 9.48. The first-order valence-corrected chi connectivity index (χ1v) is 9.43. The average molecular weight is 325 g/mol. The SMILES string of the molecule is CCCCCCCCc1ccc(C(C)(C)c2ccc(O)cc2)cc1. The van der Waals surface area contributed by atoms with Crippen molar-refractivity contribution in [2.75, 3.05) is 0 Å². The predicted molar refractivity (Wildman–Crippen MR) is 104 cm³/mol. The summed E-state index contributed by atoms with van der Waals surface area (Å²) < 4.78 is 0. The Kier molecular flexibility index (Phi) is 6.90. The highest BCUT2D eigenvalue weighted by Crippen LogP contribution is 2.32. The van der Waals surface area contributed by atoms with Crippen molar-refractivity contribution >= 4 is 0 Å². The molecule has 2 aromatic rings. The fourth-order valence-electron chi connectivity index (χ4n) is 3.24. The van der Waals surface area contributed by atoms with Crippen LogP contribution in [0.25, 0.3) is 0 Å². The standard InChI is InChI=1S/C23H32O/c1-4-5-6-7-8-9-10-19-11-13-20(14-12-19)23(2,3)21-15-17-22(24)18-16-21/h11-18,24H,4-10H2,1-3H3. The summed E-state index contributed by atoms with van der Waals surface area (Å²) in [6.07, 6.45) is 9.28. The van der Waals surface area contributed by atoms with Gasteiger partial charge >= 0.3 is 0 Å². The Morgan fingerprint density at radius 3 is 1.79 bits per heavy atom. The number of hydrogen-bond donors (Lipinski definition) is 1. The van der Waals surface area contributed by atoms with Crippen LogP contribution in [0.2, 0.25) is 0 Å². The minimum Gasteiger partial charge on any atom is -0.508 e. The molecule has 1 nitrogen and oxygen atoms in total. The molecular weight excluding hydrogens is 292 g/mol. The Morgan fingerprint density at radius 1 is 0.708 bits per heavy atom. The van der Waals surface area contributed by atoms with Gasteiger partial charge in [0.25, 0.3) is 0 Å². The Labute approximate surface area is 147 Å². The van der Waals surface area contributed by atoms with Gasteiger partial charge in [0.2, 0.25) is 0 Å². The normalized spacial score (nSPS) is 11.6. The van der Waals surface area contributed by atoms with Gasteiger partial charge in [0.15, 0.2) is 0 Å². The summed E-state index contributed by atoms with van der Waals surface area (Å²) >= 11 is 0. The third-order valence-electron chi connectivity index (χ3n) is 5.08. The lowest BCUT2D eigenvalue weighted by Gasteiger charge is -2.26. The molecule has 0 spiro atoms. The zero-order valence-electron chi connectivity index (χ0n) is 15.5. The quantitative estimate of drug-likeness (QED) is 0.514. The lowest BCUT2D eigenvalue weighted by molar-refractivity contribution is 0.474. The Morgan fingerprint density at radius 2 is 1.21 bits per heavy atom. The average Bonchev–Trinajstić information content (AvgIpc) is 2.59. The summed E-state index contributed by atoms with van der Waals surface area (Å²) in [7, 11) is 0. The maximum Gasteiger partial charge on any atom is 0.115 e. The number of phenols is 1. The Balaban J connectivity index is 1.92. The molecule has 0 saturated carbocycles. The highest BCUT2D eigenvalue weighted by molar-refractivity contribution is 5.40. The van der Waals surface area contributed by atoms with E-state index in [-0.39, 0.29) is 5.41 Å². The number of phenolic OH excluding ortho intramolecular Hbond substituents is 1. The molecule has 24 heavy (non-hydrogen) atoms. The van der Waals surface area contributed by atoms with Crippen molar-refractivity contribution in [3.8, 4) is 5.75 Å². The van der Waals surface area contributed by atoms with Crippen LogP contribution >= 0.6 is 0 Å². The molecule has 0 amide bonds. The van der Waals surface area contributed by atoms with Crippen LogP contribution in [0, 0.1) is 0 Å². The summed E-state index contributed by atoms with van der Waals surface area (Å²) in [6, 6.07) is 16.7. The van der Waals surface area contributed by atoms with E-state index < -0.39 is 0 Å². The highest BCUT2D eigenvalue weighted by Gasteiger charge is 2.22. The minimum atomic E-state index is -0.0492. The van der Waals surface area contributed by atoms with E-state index in [1.54, 1.807) is 12.1 Å². The van der Waals surface area contributed by atoms with Crippen LogP contribution < -0.4 is 0 Å². The van der Waals surface area contributed by atoms with E-state index in [1.807, 2.05) is 12.1 Å². The van der Waals surface area contributed by atoms with Crippen molar-refractivity contribution < 1.29 is 5.11 Å². The summed E-state index contributed by atoms with van der Waals surface area (Å²) in [4.78, 5) is 0. The van der Waals surface area contributed by atoms with Gasteiger partial charge in [-0.25, -0.2) is 0 Å². The van der Waals surface area contributed by atoms with Gasteiger partial charge in [-0.2, -0.15) is 0 Å². The van der Waals surface area contributed by atoms with E-state index in [0.717, 1.165) is 0 Å². The van der Waals surface area contributed by atoms with Crippen LogP contribution in [0.3, 0.4) is 0 Å². The topological polar surface area (TPSA) is 20.2 Å². The first-order chi connectivity index (χ1) is 11.5. The van der Waals surface area contributed by atoms with Crippen molar-refractivity contribution in [3.05, 3.63) is 65.2 Å². The fraction of sp³-hybridized carbons (Fsp3) is 0.478. The zero-order valence-corrected chi connectivity index (χ0v) is 15.5. The first kappa shape index (κ1) is 18.6. The summed E-state index contributed by atoms with van der Waals surface area (Å²) in [6.45, 7) is 6.74. The first-order valence-electron chi connectivity index (χ1n) is 9.43. The van der Waals surface area contributed by atoms with Gasteiger partial charge in [-0.1, -0.05) is 89.3 Å². The van der Waals surface area contributed by atoms with Crippen LogP contribution in [0.1, 0.15) is 76.0 Å². The Bertz CT molecular complexity index is 593. The van der Waals surface area contributed by atoms with Crippen molar-refractivity contribution in [2.24, 2.45) is 0 Å². The molecule has 0 aromatic heterocycles. The van der Waals surface area contributed by atoms with Crippen LogP contribution in [-0.4, -0.2) is 5.11 Å². The molecule has 0 heterocycles. The van der Waals surface area contributed by atoms with Crippen molar-refractivity contribution in [2.45, 2.75) is 71.1 Å². The van der Waals surface area contributed by atoms with E-state index in [2.05, 4.69) is 45.0 Å². The van der Waals surface area contributed by atoms with Gasteiger partial charge in [-0.05, 0) is 41.7 Å². The lowest BCUT2D eigenvalue weighted by atomic mass is 9.78. The molecule has 1 heteroatoms. The molecule has 0 aliphatic heterocycles. The maximum absolute atomic E-state index is 9.48. The largest absolute Gasteiger partial charge is 0.508 e. The second-order valence-electron chi connectivity index (χ2n) is 7.39. The second kappa shape index (κ2) is 8.92. The molecule has 0 bridgehead atoms. The third-order valence-corrected chi connectivity index (χ3v) is 5.08. The molecule has 2 aromatic carbocycles. The van der Waals surface area contributed by atoms with Crippen LogP contribution in [-0.2, 0) is 11.8 Å². The number of aryl methyl sites for hydroxylation is 1. The predicted octanol–water partition coefficient (Wildman–Crippen LogP) is 6.62. The minimum absolute atomic E-state index is 0.0492. The molecular formula is C23H32O. The number of benzene rings is 2. The van der Waals surface area contributed by atoms with Gasteiger partial charge < -0.3 is 5.11 Å². The van der Waals surface area contributed by atoms with Gasteiger partial charge in [-0.15, -0.1) is 0 Å². The molecule has 0 aliphatic carbocycles. The van der Waals surface area contributed by atoms with Crippen molar-refractivity contribution in [1.82, 2.24) is 0 Å². The molecule has 0 saturated heterocycles. The lowest BCUT2D eigenvalue weighted by Crippen LogP contribution is -2.18. The summed E-state index contributed by atoms with van der Waals surface area (Å²) in [5, 5.41) is 9.48. The van der Waals surface area contributed by atoms with Crippen LogP contribution in [0.5, 0.6) is 5.75 Å². The second-order valence-corrected chi connectivity index (χ2v) is 7.39. The summed E-state index contributed by atoms with van der Waals surface area (Å²) in [5.74, 6) is 0.323. The van der Waals surface area contributed by atoms with Gasteiger partial charge in [0, 0.05) is 5.41 Å². The molecule has 0 atom stereocenters. The number of unbranched alkanes of at least 4 members (excludes halogenated alkanes) is 5. The van der Waals surface area contributed by atoms with E-state index in [9.17, 15) is 5.11 Å². The van der Waals surface area contributed by atoms with Gasteiger partial charge in [0.1, 0.15) is 5.75 Å². The Hall–Kier alpha value is -1.76. The number of rotatable bonds is 9. The number of aromatic hydroxyl groups is 1. The zero-order chi connectivity index (χ0) is 17.4. The molecule has 0 radical (unpaired) electrons. The van der Waals surface area contributed by atoms with E-state index >= 15 is 0 Å². The molecule has 2 rings (SSSR count). The molecule has 0 fully saturated rings. The fourth-order valence-corrected chi connectivity index (χ4v) is 3.24. The summed E-state index contributed by atoms with van der Waals surface area (Å²) in [5.41, 5.74) is 3.94. The molecule has 1 N–H and O–H groups in total. The smallest absolute Gasteiger partial charge is 0.115 e. The van der Waals surface area contributed by atoms with Crippen LogP contribution in [0.4, 0.5) is 0 Å². The highest BCUT2D eigenvalue weighted by atomic mass is 16.3. The van der Waals surface area contributed by atoms with Crippen LogP contribution in [0.15, 0.2) is 48.5 Å². The molecule has 130 valence electrons. The number of hydrogen-bond acceptors (Lipinski definition) is 1. The van der Waals surface area contributed by atoms with E-state index in [1.165, 1.54) is 61.6 Å². The molecule has 0 aliphatic rings. The van der Waals surface area contributed by atoms with Gasteiger partial charge in [-0.3, -0.25) is 0 Å². The van der Waals surface area contributed by atoms with Gasteiger partial charge in [0.05, 0.1) is 0 Å². The molecule has 0 unspecified atom stereocenters. The third kappa shape index (κ3) is 5.12. The van der Waals surface area contributed by atoms with Crippen molar-refractivity contribution in [1.29, 1.82) is 0 Å². The monoisotopic (exact) mass is 324 g/mol. The van der Waals surface area contributed by atoms with E-state index in [0.29, 0.717) is 5.75 Å². The van der Waals surface area contributed by atoms with E-state index in [4.69, 9.17) is 0 Å².